The van der Waals surface area contributed by atoms with Gasteiger partial charge in [-0.2, -0.15) is 9.67 Å². The van der Waals surface area contributed by atoms with Crippen molar-refractivity contribution in [2.75, 3.05) is 18.1 Å². The van der Waals surface area contributed by atoms with Gasteiger partial charge in [-0.25, -0.2) is 0 Å². The van der Waals surface area contributed by atoms with Gasteiger partial charge in [0.25, 0.3) is 0 Å². The summed E-state index contributed by atoms with van der Waals surface area (Å²) in [6, 6.07) is 3.73. The summed E-state index contributed by atoms with van der Waals surface area (Å²) in [7, 11) is 1.69. The molecular formula is C15H18N8. The van der Waals surface area contributed by atoms with Crippen molar-refractivity contribution in [3.05, 3.63) is 41.2 Å². The number of fused-ring (bicyclic) bond motifs is 1. The Kier molecular flexibility index (Phi) is 3.88. The molecule has 23 heavy (non-hydrogen) atoms. The van der Waals surface area contributed by atoms with Gasteiger partial charge in [0, 0.05) is 24.5 Å². The van der Waals surface area contributed by atoms with Crippen LogP contribution in [0.2, 0.25) is 0 Å². The number of anilines is 2. The molecule has 0 saturated heterocycles. The van der Waals surface area contributed by atoms with E-state index >= 15 is 0 Å². The Morgan fingerprint density at radius 2 is 2.26 bits per heavy atom. The third-order valence-corrected chi connectivity index (χ3v) is 3.74. The van der Waals surface area contributed by atoms with Crippen molar-refractivity contribution >= 4 is 23.4 Å². The number of hydrogen-bond acceptors (Lipinski definition) is 7. The largest absolute Gasteiger partial charge is 0.368 e. The zero-order chi connectivity index (χ0) is 16.4. The van der Waals surface area contributed by atoms with E-state index in [0.717, 1.165) is 29.7 Å². The fraction of sp³-hybridized carbons (Fsp3) is 0.267. The number of aryl methyl sites for hydroxylation is 1. The Balaban J connectivity index is 1.94. The molecule has 0 spiro atoms. The summed E-state index contributed by atoms with van der Waals surface area (Å²) in [6.07, 6.45) is 5.82. The lowest BCUT2D eigenvalue weighted by molar-refractivity contribution is 0.817. The molecule has 1 aliphatic carbocycles. The van der Waals surface area contributed by atoms with Crippen molar-refractivity contribution in [3.8, 4) is 0 Å². The Labute approximate surface area is 133 Å². The zero-order valence-electron chi connectivity index (χ0n) is 12.8. The molecule has 8 heteroatoms. The first kappa shape index (κ1) is 14.9. The normalized spacial score (nSPS) is 16.0. The van der Waals surface area contributed by atoms with E-state index in [1.807, 2.05) is 12.1 Å². The Morgan fingerprint density at radius 1 is 1.43 bits per heavy atom. The minimum absolute atomic E-state index is 0.0867. The molecule has 2 aromatic heterocycles. The first-order valence-corrected chi connectivity index (χ1v) is 7.33. The summed E-state index contributed by atoms with van der Waals surface area (Å²) in [5, 5.41) is 23.5. The van der Waals surface area contributed by atoms with Crippen molar-refractivity contribution in [1.29, 1.82) is 10.8 Å². The average molecular weight is 310 g/mol. The lowest BCUT2D eigenvalue weighted by Gasteiger charge is -2.08. The minimum Gasteiger partial charge on any atom is -0.368 e. The van der Waals surface area contributed by atoms with E-state index in [1.54, 1.807) is 19.3 Å². The van der Waals surface area contributed by atoms with Gasteiger partial charge in [0.2, 0.25) is 11.9 Å². The molecule has 0 saturated carbocycles. The molecule has 0 radical (unpaired) electrons. The monoisotopic (exact) mass is 310 g/mol. The van der Waals surface area contributed by atoms with Crippen LogP contribution < -0.4 is 11.1 Å². The van der Waals surface area contributed by atoms with Crippen LogP contribution in [0.1, 0.15) is 24.1 Å². The van der Waals surface area contributed by atoms with Crippen molar-refractivity contribution in [3.63, 3.8) is 0 Å². The van der Waals surface area contributed by atoms with Crippen molar-refractivity contribution in [2.24, 2.45) is 0 Å². The quantitative estimate of drug-likeness (QED) is 0.379. The maximum atomic E-state index is 8.42. The van der Waals surface area contributed by atoms with Gasteiger partial charge >= 0.3 is 0 Å². The summed E-state index contributed by atoms with van der Waals surface area (Å²) in [4.78, 5) is 8.35. The highest BCUT2D eigenvalue weighted by atomic mass is 15.4. The molecule has 0 aliphatic heterocycles. The van der Waals surface area contributed by atoms with Crippen LogP contribution in [0.3, 0.4) is 0 Å². The number of aromatic nitrogens is 4. The first-order valence-electron chi connectivity index (χ1n) is 7.33. The van der Waals surface area contributed by atoms with Gasteiger partial charge < -0.3 is 11.1 Å². The summed E-state index contributed by atoms with van der Waals surface area (Å²) >= 11 is 0. The molecule has 0 atom stereocenters. The van der Waals surface area contributed by atoms with Crippen LogP contribution in [0.4, 0.5) is 11.9 Å². The SMILES string of the molecule is CNc1nc(N)n(C(=N)/C=C2/CCCc3ncccc3C2=N)n1. The van der Waals surface area contributed by atoms with E-state index < -0.39 is 0 Å². The summed E-state index contributed by atoms with van der Waals surface area (Å²) in [5.74, 6) is 0.582. The van der Waals surface area contributed by atoms with E-state index in [4.69, 9.17) is 16.6 Å². The number of pyridine rings is 1. The molecule has 0 aromatic carbocycles. The third kappa shape index (κ3) is 2.83. The Morgan fingerprint density at radius 3 is 3.00 bits per heavy atom. The molecule has 8 nitrogen and oxygen atoms in total. The lowest BCUT2D eigenvalue weighted by atomic mass is 10.0. The molecule has 0 unspecified atom stereocenters. The van der Waals surface area contributed by atoms with Gasteiger partial charge in [0.05, 0.1) is 5.71 Å². The highest BCUT2D eigenvalue weighted by Crippen LogP contribution is 2.23. The van der Waals surface area contributed by atoms with Crippen LogP contribution in [-0.2, 0) is 6.42 Å². The van der Waals surface area contributed by atoms with Crippen molar-refractivity contribution in [2.45, 2.75) is 19.3 Å². The molecule has 118 valence electrons. The summed E-state index contributed by atoms with van der Waals surface area (Å²) < 4.78 is 1.25. The van der Waals surface area contributed by atoms with Gasteiger partial charge in [-0.1, -0.05) is 0 Å². The van der Waals surface area contributed by atoms with E-state index in [9.17, 15) is 0 Å². The molecule has 2 aromatic rings. The molecule has 2 heterocycles. The van der Waals surface area contributed by atoms with E-state index in [2.05, 4.69) is 20.4 Å². The smallest absolute Gasteiger partial charge is 0.244 e. The fourth-order valence-corrected chi connectivity index (χ4v) is 2.59. The maximum absolute atomic E-state index is 8.42. The predicted octanol–water partition coefficient (Wildman–Crippen LogP) is 1.45. The molecule has 0 fully saturated rings. The number of rotatable bonds is 2. The topological polar surface area (TPSA) is 129 Å². The van der Waals surface area contributed by atoms with Gasteiger partial charge in [-0.15, -0.1) is 5.10 Å². The number of allylic oxidation sites excluding steroid dienone is 2. The van der Waals surface area contributed by atoms with Crippen LogP contribution in [-0.4, -0.2) is 38.3 Å². The highest BCUT2D eigenvalue weighted by molar-refractivity contribution is 6.14. The maximum Gasteiger partial charge on any atom is 0.244 e. The van der Waals surface area contributed by atoms with E-state index in [0.29, 0.717) is 18.1 Å². The zero-order valence-corrected chi connectivity index (χ0v) is 12.8. The average Bonchev–Trinajstić information content (AvgIpc) is 2.87. The number of hydrogen-bond donors (Lipinski definition) is 4. The third-order valence-electron chi connectivity index (χ3n) is 3.74. The molecule has 0 bridgehead atoms. The number of nitrogens with zero attached hydrogens (tertiary/aromatic N) is 4. The second-order valence-electron chi connectivity index (χ2n) is 5.24. The molecule has 3 rings (SSSR count). The fourth-order valence-electron chi connectivity index (χ4n) is 2.59. The van der Waals surface area contributed by atoms with Gasteiger partial charge in [-0.05, 0) is 43.0 Å². The van der Waals surface area contributed by atoms with Crippen LogP contribution in [0.5, 0.6) is 0 Å². The molecule has 5 N–H and O–H groups in total. The van der Waals surface area contributed by atoms with Crippen LogP contribution in [0.15, 0.2) is 30.0 Å². The first-order chi connectivity index (χ1) is 11.1. The summed E-state index contributed by atoms with van der Waals surface area (Å²) in [6.45, 7) is 0. The van der Waals surface area contributed by atoms with Crippen LogP contribution in [0.25, 0.3) is 0 Å². The van der Waals surface area contributed by atoms with Crippen molar-refractivity contribution < 1.29 is 0 Å². The minimum atomic E-state index is 0.0867. The second-order valence-corrected chi connectivity index (χ2v) is 5.24. The molecule has 1 aliphatic rings. The van der Waals surface area contributed by atoms with Gasteiger partial charge in [0.1, 0.15) is 5.84 Å². The highest BCUT2D eigenvalue weighted by Gasteiger charge is 2.18. The lowest BCUT2D eigenvalue weighted by Crippen LogP contribution is -2.15. The number of nitrogen functional groups attached to an aromatic ring is 1. The van der Waals surface area contributed by atoms with Gasteiger partial charge in [0.15, 0.2) is 0 Å². The van der Waals surface area contributed by atoms with E-state index in [-0.39, 0.29) is 11.8 Å². The Hall–Kier alpha value is -3.03. The number of nitrogens with two attached hydrogens (primary N) is 1. The van der Waals surface area contributed by atoms with Crippen LogP contribution in [0, 0.1) is 10.8 Å². The summed E-state index contributed by atoms with van der Waals surface area (Å²) in [5.41, 5.74) is 8.73. The predicted molar refractivity (Wildman–Crippen MR) is 89.2 cm³/mol. The Bertz CT molecular complexity index is 802. The van der Waals surface area contributed by atoms with Crippen LogP contribution >= 0.6 is 0 Å². The van der Waals surface area contributed by atoms with Gasteiger partial charge in [-0.3, -0.25) is 15.8 Å². The standard InChI is InChI=1S/C15H18N8/c1-19-15-21-14(18)23(22-15)12(16)8-9-4-2-6-11-10(13(9)17)5-3-7-20-11/h3,5,7-8,16-17H,2,4,6H2,1H3,(H3,18,19,21,22)/b9-8-,16-12?,17-13?. The van der Waals surface area contributed by atoms with Crippen molar-refractivity contribution in [1.82, 2.24) is 19.7 Å². The second kappa shape index (κ2) is 5.99. The van der Waals surface area contributed by atoms with E-state index in [1.165, 1.54) is 4.68 Å². The molecule has 0 amide bonds. The number of nitrogens with one attached hydrogen (secondary N) is 3. The molecular weight excluding hydrogens is 292 g/mol.